The third-order valence-electron chi connectivity index (χ3n) is 5.43. The van der Waals surface area contributed by atoms with Crippen LogP contribution < -0.4 is 10.1 Å². The lowest BCUT2D eigenvalue weighted by molar-refractivity contribution is -0.123. The Kier molecular flexibility index (Phi) is 6.51. The van der Waals surface area contributed by atoms with Crippen molar-refractivity contribution in [2.75, 3.05) is 13.2 Å². The Labute approximate surface area is 191 Å². The average Bonchev–Trinajstić information content (AvgIpc) is 3.44. The molecule has 0 unspecified atom stereocenters. The highest BCUT2D eigenvalue weighted by Crippen LogP contribution is 2.22. The maximum Gasteiger partial charge on any atom is 0.258 e. The summed E-state index contributed by atoms with van der Waals surface area (Å²) in [6, 6.07) is 16.5. The van der Waals surface area contributed by atoms with Crippen LogP contribution in [-0.2, 0) is 11.2 Å². The molecule has 1 aliphatic heterocycles. The van der Waals surface area contributed by atoms with Gasteiger partial charge < -0.3 is 19.5 Å². The van der Waals surface area contributed by atoms with Crippen molar-refractivity contribution in [3.8, 4) is 29.5 Å². The first-order valence-electron chi connectivity index (χ1n) is 10.5. The second kappa shape index (κ2) is 9.84. The lowest BCUT2D eigenvalue weighted by Crippen LogP contribution is -2.39. The van der Waals surface area contributed by atoms with Crippen LogP contribution >= 0.6 is 0 Å². The molecule has 0 aliphatic carbocycles. The molecular weight excluding hydrogens is 420 g/mol. The minimum atomic E-state index is -0.224. The van der Waals surface area contributed by atoms with E-state index in [1.807, 2.05) is 19.1 Å². The molecule has 1 aliphatic rings. The monoisotopic (exact) mass is 442 g/mol. The van der Waals surface area contributed by atoms with Gasteiger partial charge in [-0.15, -0.1) is 0 Å². The van der Waals surface area contributed by atoms with Gasteiger partial charge in [0, 0.05) is 30.6 Å². The van der Waals surface area contributed by atoms with Crippen molar-refractivity contribution in [3.05, 3.63) is 65.5 Å². The van der Waals surface area contributed by atoms with Crippen molar-refractivity contribution < 1.29 is 14.1 Å². The van der Waals surface area contributed by atoms with Crippen LogP contribution in [0.25, 0.3) is 11.5 Å². The fourth-order valence-corrected chi connectivity index (χ4v) is 3.76. The second-order valence-corrected chi connectivity index (χ2v) is 7.92. The van der Waals surface area contributed by atoms with Crippen LogP contribution in [0.4, 0.5) is 0 Å². The topological polar surface area (TPSA) is 128 Å². The molecule has 166 valence electrons. The first-order valence-corrected chi connectivity index (χ1v) is 10.5. The number of amides is 1. The number of likely N-dealkylation sites (tertiary alicyclic amines) is 1. The number of rotatable bonds is 7. The normalized spacial score (nSPS) is 17.2. The SMILES string of the molecule is C[C@@H]1C[C@@H](NC(=O)COc2ccc(-c3nc(Cc4cccc(C#N)c4)no3)cc2)CN1C#N. The van der Waals surface area contributed by atoms with E-state index in [1.54, 1.807) is 41.3 Å². The van der Waals surface area contributed by atoms with Crippen LogP contribution in [0.2, 0.25) is 0 Å². The number of ether oxygens (including phenoxy) is 1. The maximum absolute atomic E-state index is 12.2. The summed E-state index contributed by atoms with van der Waals surface area (Å²) >= 11 is 0. The molecule has 9 nitrogen and oxygen atoms in total. The predicted octanol–water partition coefficient (Wildman–Crippen LogP) is 2.64. The van der Waals surface area contributed by atoms with Gasteiger partial charge in [-0.2, -0.15) is 15.5 Å². The van der Waals surface area contributed by atoms with Crippen LogP contribution in [-0.4, -0.2) is 46.2 Å². The Morgan fingerprint density at radius 2 is 2.09 bits per heavy atom. The number of nitrogens with one attached hydrogen (secondary N) is 1. The number of benzene rings is 2. The number of hydrogen-bond acceptors (Lipinski definition) is 8. The van der Waals surface area contributed by atoms with E-state index in [0.29, 0.717) is 36.0 Å². The molecule has 9 heteroatoms. The number of carbonyl (C=O) groups excluding carboxylic acids is 1. The van der Waals surface area contributed by atoms with Crippen LogP contribution in [0, 0.1) is 22.8 Å². The van der Waals surface area contributed by atoms with E-state index < -0.39 is 0 Å². The number of nitrogens with zero attached hydrogens (tertiary/aromatic N) is 5. The number of aromatic nitrogens is 2. The number of hydrogen-bond donors (Lipinski definition) is 1. The van der Waals surface area contributed by atoms with E-state index in [2.05, 4.69) is 27.7 Å². The highest BCUT2D eigenvalue weighted by atomic mass is 16.5. The van der Waals surface area contributed by atoms with Crippen molar-refractivity contribution >= 4 is 5.91 Å². The van der Waals surface area contributed by atoms with Gasteiger partial charge in [-0.1, -0.05) is 17.3 Å². The van der Waals surface area contributed by atoms with Crippen LogP contribution in [0.1, 0.15) is 30.3 Å². The lowest BCUT2D eigenvalue weighted by atomic mass is 10.1. The molecule has 3 aromatic rings. The summed E-state index contributed by atoms with van der Waals surface area (Å²) in [5.74, 6) is 1.22. The van der Waals surface area contributed by atoms with Gasteiger partial charge in [0.15, 0.2) is 18.6 Å². The first-order chi connectivity index (χ1) is 16.0. The largest absolute Gasteiger partial charge is 0.484 e. The van der Waals surface area contributed by atoms with Gasteiger partial charge in [-0.3, -0.25) is 4.79 Å². The summed E-state index contributed by atoms with van der Waals surface area (Å²) in [6.45, 7) is 2.38. The van der Waals surface area contributed by atoms with Crippen molar-refractivity contribution in [1.82, 2.24) is 20.4 Å². The minimum Gasteiger partial charge on any atom is -0.484 e. The van der Waals surface area contributed by atoms with Crippen LogP contribution in [0.5, 0.6) is 5.75 Å². The Hall–Kier alpha value is -4.37. The van der Waals surface area contributed by atoms with Crippen molar-refractivity contribution in [1.29, 1.82) is 10.5 Å². The van der Waals surface area contributed by atoms with E-state index in [4.69, 9.17) is 19.8 Å². The average molecular weight is 442 g/mol. The Balaban J connectivity index is 1.29. The molecule has 2 atom stereocenters. The molecule has 2 heterocycles. The maximum atomic E-state index is 12.2. The van der Waals surface area contributed by atoms with E-state index >= 15 is 0 Å². The zero-order valence-electron chi connectivity index (χ0n) is 18.1. The standard InChI is InChI=1S/C24H22N6O3/c1-16-9-20(13-30(16)15-26)27-23(31)14-32-21-7-5-19(6-8-21)24-28-22(29-33-24)11-17-3-2-4-18(10-17)12-25/h2-8,10,16,20H,9,11,13-14H2,1H3,(H,27,31)/t16-,20-/m1/s1. The zero-order valence-corrected chi connectivity index (χ0v) is 18.1. The van der Waals surface area contributed by atoms with Crippen molar-refractivity contribution in [2.24, 2.45) is 0 Å². The molecular formula is C24H22N6O3. The van der Waals surface area contributed by atoms with E-state index in [1.165, 1.54) is 0 Å². The van der Waals surface area contributed by atoms with E-state index in [9.17, 15) is 4.79 Å². The summed E-state index contributed by atoms with van der Waals surface area (Å²) < 4.78 is 10.9. The van der Waals surface area contributed by atoms with Gasteiger partial charge in [0.25, 0.3) is 11.8 Å². The van der Waals surface area contributed by atoms with Gasteiger partial charge in [-0.05, 0) is 55.3 Å². The fraction of sp³-hybridized carbons (Fsp3) is 0.292. The number of carbonyl (C=O) groups is 1. The van der Waals surface area contributed by atoms with Crippen molar-refractivity contribution in [2.45, 2.75) is 31.8 Å². The molecule has 1 saturated heterocycles. The lowest BCUT2D eigenvalue weighted by Gasteiger charge is -2.13. The van der Waals surface area contributed by atoms with Crippen LogP contribution in [0.3, 0.4) is 0 Å². The summed E-state index contributed by atoms with van der Waals surface area (Å²) in [7, 11) is 0. The molecule has 1 N–H and O–H groups in total. The Bertz CT molecular complexity index is 1210. The summed E-state index contributed by atoms with van der Waals surface area (Å²) in [5, 5.41) is 25.0. The van der Waals surface area contributed by atoms with Crippen LogP contribution in [0.15, 0.2) is 53.1 Å². The van der Waals surface area contributed by atoms with Gasteiger partial charge in [0.1, 0.15) is 5.75 Å². The van der Waals surface area contributed by atoms with E-state index in [-0.39, 0.29) is 24.6 Å². The summed E-state index contributed by atoms with van der Waals surface area (Å²) in [6.07, 6.45) is 3.33. The first kappa shape index (κ1) is 21.8. The summed E-state index contributed by atoms with van der Waals surface area (Å²) in [5.41, 5.74) is 2.24. The molecule has 4 rings (SSSR count). The molecule has 0 radical (unpaired) electrons. The molecule has 0 saturated carbocycles. The van der Waals surface area contributed by atoms with Crippen molar-refractivity contribution in [3.63, 3.8) is 0 Å². The third kappa shape index (κ3) is 5.46. The Morgan fingerprint density at radius 3 is 2.82 bits per heavy atom. The molecule has 0 spiro atoms. The zero-order chi connectivity index (χ0) is 23.2. The quantitative estimate of drug-likeness (QED) is 0.553. The molecule has 33 heavy (non-hydrogen) atoms. The molecule has 0 bridgehead atoms. The fourth-order valence-electron chi connectivity index (χ4n) is 3.76. The number of nitriles is 2. The third-order valence-corrected chi connectivity index (χ3v) is 5.43. The van der Waals surface area contributed by atoms with Gasteiger partial charge in [-0.25, -0.2) is 0 Å². The van der Waals surface area contributed by atoms with Gasteiger partial charge in [0.2, 0.25) is 0 Å². The molecule has 1 amide bonds. The van der Waals surface area contributed by atoms with Gasteiger partial charge >= 0.3 is 0 Å². The minimum absolute atomic E-state index is 0.0489. The predicted molar refractivity (Wildman–Crippen MR) is 118 cm³/mol. The van der Waals surface area contributed by atoms with Gasteiger partial charge in [0.05, 0.1) is 11.6 Å². The highest BCUT2D eigenvalue weighted by molar-refractivity contribution is 5.78. The summed E-state index contributed by atoms with van der Waals surface area (Å²) in [4.78, 5) is 18.2. The molecule has 1 fully saturated rings. The van der Waals surface area contributed by atoms with E-state index in [0.717, 1.165) is 17.5 Å². The molecule has 1 aromatic heterocycles. The smallest absolute Gasteiger partial charge is 0.258 e. The second-order valence-electron chi connectivity index (χ2n) is 7.92. The highest BCUT2D eigenvalue weighted by Gasteiger charge is 2.29. The Morgan fingerprint density at radius 1 is 1.27 bits per heavy atom. The molecule has 2 aromatic carbocycles.